The van der Waals surface area contributed by atoms with Gasteiger partial charge in [-0.05, 0) is 31.9 Å². The van der Waals surface area contributed by atoms with Gasteiger partial charge in [-0.2, -0.15) is 0 Å². The number of ether oxygens (including phenoxy) is 1. The first-order chi connectivity index (χ1) is 13.0. The fourth-order valence-electron chi connectivity index (χ4n) is 3.79. The molecule has 4 heterocycles. The summed E-state index contributed by atoms with van der Waals surface area (Å²) in [6, 6.07) is 3.40. The average molecular weight is 389 g/mol. The molecule has 0 N–H and O–H groups in total. The Hall–Kier alpha value is -2.19. The lowest BCUT2D eigenvalue weighted by atomic mass is 9.90. The first-order valence-electron chi connectivity index (χ1n) is 9.20. The average Bonchev–Trinajstić information content (AvgIpc) is 3.30. The first kappa shape index (κ1) is 18.2. The third-order valence-corrected chi connectivity index (χ3v) is 6.09. The lowest BCUT2D eigenvalue weighted by molar-refractivity contribution is -0.132. The number of aryl methyl sites for hydroxylation is 1. The highest BCUT2D eigenvalue weighted by molar-refractivity contribution is 7.09. The number of likely N-dealkylation sites (tertiary alicyclic amines) is 1. The summed E-state index contributed by atoms with van der Waals surface area (Å²) in [7, 11) is 0. The van der Waals surface area contributed by atoms with Crippen LogP contribution in [-0.4, -0.2) is 58.4 Å². The Balaban J connectivity index is 1.43. The summed E-state index contributed by atoms with van der Waals surface area (Å²) in [4.78, 5) is 33.2. The number of hydrogen-bond donors (Lipinski definition) is 0. The van der Waals surface area contributed by atoms with Crippen LogP contribution in [0.25, 0.3) is 0 Å². The molecule has 27 heavy (non-hydrogen) atoms. The van der Waals surface area contributed by atoms with Gasteiger partial charge >= 0.3 is 0 Å². The minimum atomic E-state index is -0.392. The van der Waals surface area contributed by atoms with Crippen molar-refractivity contribution < 1.29 is 18.7 Å². The van der Waals surface area contributed by atoms with E-state index in [9.17, 15) is 9.59 Å². The Labute approximate surface area is 161 Å². The minimum Gasteiger partial charge on any atom is -0.459 e. The number of piperidine rings is 1. The lowest BCUT2D eigenvalue weighted by Crippen LogP contribution is -2.53. The van der Waals surface area contributed by atoms with Crippen molar-refractivity contribution >= 4 is 23.2 Å². The van der Waals surface area contributed by atoms with Crippen molar-refractivity contribution in [2.75, 3.05) is 26.2 Å². The summed E-state index contributed by atoms with van der Waals surface area (Å²) in [6.45, 7) is 4.65. The summed E-state index contributed by atoms with van der Waals surface area (Å²) in [5.41, 5.74) is 0.533. The van der Waals surface area contributed by atoms with E-state index in [1.54, 1.807) is 28.4 Å². The zero-order chi connectivity index (χ0) is 18.9. The Morgan fingerprint density at radius 2 is 2.19 bits per heavy atom. The van der Waals surface area contributed by atoms with Crippen molar-refractivity contribution in [3.63, 3.8) is 0 Å². The number of nitrogens with zero attached hydrogens (tertiary/aromatic N) is 3. The van der Waals surface area contributed by atoms with E-state index in [-0.39, 0.29) is 11.8 Å². The molecule has 2 fully saturated rings. The van der Waals surface area contributed by atoms with E-state index < -0.39 is 5.60 Å². The maximum absolute atomic E-state index is 12.5. The van der Waals surface area contributed by atoms with E-state index >= 15 is 0 Å². The Kier molecular flexibility index (Phi) is 5.01. The fraction of sp³-hybridized carbons (Fsp3) is 0.526. The van der Waals surface area contributed by atoms with E-state index in [0.29, 0.717) is 57.8 Å². The summed E-state index contributed by atoms with van der Waals surface area (Å²) < 4.78 is 11.4. The predicted octanol–water partition coefficient (Wildman–Crippen LogP) is 2.47. The molecule has 0 aromatic carbocycles. The summed E-state index contributed by atoms with van der Waals surface area (Å²) in [5.74, 6) is 0.379. The SMILES string of the molecule is Cc1nc(CN2CC3(CCN(C(=O)c4ccco4)CC3)OCCC2=O)cs1. The second kappa shape index (κ2) is 7.44. The van der Waals surface area contributed by atoms with Crippen LogP contribution in [0.2, 0.25) is 0 Å². The van der Waals surface area contributed by atoms with Crippen LogP contribution in [0.5, 0.6) is 0 Å². The van der Waals surface area contributed by atoms with Crippen molar-refractivity contribution in [1.82, 2.24) is 14.8 Å². The molecule has 0 aliphatic carbocycles. The largest absolute Gasteiger partial charge is 0.459 e. The minimum absolute atomic E-state index is 0.0886. The molecule has 0 saturated carbocycles. The normalized spacial score (nSPS) is 20.1. The zero-order valence-corrected chi connectivity index (χ0v) is 16.2. The van der Waals surface area contributed by atoms with Gasteiger partial charge in [0, 0.05) is 18.5 Å². The Bertz CT molecular complexity index is 809. The third-order valence-electron chi connectivity index (χ3n) is 5.27. The summed E-state index contributed by atoms with van der Waals surface area (Å²) in [5, 5.41) is 3.01. The summed E-state index contributed by atoms with van der Waals surface area (Å²) in [6.07, 6.45) is 3.31. The van der Waals surface area contributed by atoms with Gasteiger partial charge < -0.3 is 19.0 Å². The zero-order valence-electron chi connectivity index (χ0n) is 15.3. The molecular formula is C19H23N3O4S. The van der Waals surface area contributed by atoms with Crippen molar-refractivity contribution in [3.05, 3.63) is 40.2 Å². The van der Waals surface area contributed by atoms with Gasteiger partial charge in [-0.15, -0.1) is 11.3 Å². The number of amides is 2. The first-order valence-corrected chi connectivity index (χ1v) is 10.1. The molecule has 0 bridgehead atoms. The van der Waals surface area contributed by atoms with Gasteiger partial charge in [0.25, 0.3) is 5.91 Å². The standard InChI is InChI=1S/C19H23N3O4S/c1-14-20-15(12-27-14)11-22-13-19(26-10-4-17(22)23)5-7-21(8-6-19)18(24)16-3-2-9-25-16/h2-3,9,12H,4-8,10-11,13H2,1H3. The highest BCUT2D eigenvalue weighted by Gasteiger charge is 2.41. The lowest BCUT2D eigenvalue weighted by Gasteiger charge is -2.42. The monoisotopic (exact) mass is 389 g/mol. The molecule has 7 nitrogen and oxygen atoms in total. The van der Waals surface area contributed by atoms with Crippen LogP contribution >= 0.6 is 11.3 Å². The van der Waals surface area contributed by atoms with Crippen molar-refractivity contribution in [2.24, 2.45) is 0 Å². The molecule has 2 aliphatic rings. The van der Waals surface area contributed by atoms with Gasteiger partial charge in [-0.1, -0.05) is 0 Å². The van der Waals surface area contributed by atoms with Crippen molar-refractivity contribution in [1.29, 1.82) is 0 Å². The van der Waals surface area contributed by atoms with E-state index in [1.165, 1.54) is 6.26 Å². The molecule has 0 radical (unpaired) electrons. The smallest absolute Gasteiger partial charge is 0.289 e. The van der Waals surface area contributed by atoms with E-state index in [4.69, 9.17) is 9.15 Å². The number of rotatable bonds is 3. The fourth-order valence-corrected chi connectivity index (χ4v) is 4.39. The topological polar surface area (TPSA) is 75.9 Å². The van der Waals surface area contributed by atoms with Gasteiger partial charge in [0.05, 0.1) is 48.7 Å². The molecule has 4 rings (SSSR count). The number of furan rings is 1. The molecule has 2 aliphatic heterocycles. The molecule has 144 valence electrons. The number of thiazole rings is 1. The molecule has 2 amide bonds. The number of carbonyl (C=O) groups is 2. The van der Waals surface area contributed by atoms with E-state index in [0.717, 1.165) is 10.7 Å². The van der Waals surface area contributed by atoms with Crippen LogP contribution in [0.3, 0.4) is 0 Å². The van der Waals surface area contributed by atoms with Crippen LogP contribution in [0.1, 0.15) is 40.5 Å². The Morgan fingerprint density at radius 1 is 1.37 bits per heavy atom. The quantitative estimate of drug-likeness (QED) is 0.806. The molecule has 8 heteroatoms. The predicted molar refractivity (Wildman–Crippen MR) is 99.4 cm³/mol. The molecule has 0 unspecified atom stereocenters. The number of aromatic nitrogens is 1. The van der Waals surface area contributed by atoms with Crippen LogP contribution in [-0.2, 0) is 16.1 Å². The van der Waals surface area contributed by atoms with Crippen LogP contribution in [0, 0.1) is 6.92 Å². The number of hydrogen-bond acceptors (Lipinski definition) is 6. The second-order valence-electron chi connectivity index (χ2n) is 7.16. The summed E-state index contributed by atoms with van der Waals surface area (Å²) >= 11 is 1.60. The van der Waals surface area contributed by atoms with Crippen LogP contribution in [0.15, 0.2) is 28.2 Å². The highest BCUT2D eigenvalue weighted by atomic mass is 32.1. The highest BCUT2D eigenvalue weighted by Crippen LogP contribution is 2.31. The third kappa shape index (κ3) is 3.91. The van der Waals surface area contributed by atoms with Crippen LogP contribution < -0.4 is 0 Å². The van der Waals surface area contributed by atoms with Gasteiger partial charge in [0.2, 0.25) is 5.91 Å². The van der Waals surface area contributed by atoms with Crippen molar-refractivity contribution in [3.8, 4) is 0 Å². The maximum Gasteiger partial charge on any atom is 0.289 e. The van der Waals surface area contributed by atoms with E-state index in [1.807, 2.05) is 17.2 Å². The van der Waals surface area contributed by atoms with Gasteiger partial charge in [-0.3, -0.25) is 9.59 Å². The van der Waals surface area contributed by atoms with Gasteiger partial charge in [0.15, 0.2) is 5.76 Å². The van der Waals surface area contributed by atoms with Crippen LogP contribution in [0.4, 0.5) is 0 Å². The molecule has 0 atom stereocenters. The molecule has 2 aromatic rings. The molecular weight excluding hydrogens is 366 g/mol. The van der Waals surface area contributed by atoms with Gasteiger partial charge in [-0.25, -0.2) is 4.98 Å². The molecule has 1 spiro atoms. The maximum atomic E-state index is 12.5. The van der Waals surface area contributed by atoms with Crippen molar-refractivity contribution in [2.45, 2.75) is 38.3 Å². The second-order valence-corrected chi connectivity index (χ2v) is 8.22. The van der Waals surface area contributed by atoms with E-state index in [2.05, 4.69) is 4.98 Å². The molecule has 2 saturated heterocycles. The van der Waals surface area contributed by atoms with Gasteiger partial charge in [0.1, 0.15) is 0 Å². The molecule has 2 aromatic heterocycles. The Morgan fingerprint density at radius 3 is 2.85 bits per heavy atom. The number of carbonyl (C=O) groups excluding carboxylic acids is 2.